The molecular formula is C4H6N2O2. The lowest BCUT2D eigenvalue weighted by Gasteiger charge is -1.71. The number of hydrogen-bond acceptors (Lipinski definition) is 3. The lowest BCUT2D eigenvalue weighted by Crippen LogP contribution is -2.23. The van der Waals surface area contributed by atoms with Crippen molar-refractivity contribution >= 4 is 12.2 Å². The summed E-state index contributed by atoms with van der Waals surface area (Å²) >= 11 is 0. The summed E-state index contributed by atoms with van der Waals surface area (Å²) < 4.78 is 0. The molecule has 0 radical (unpaired) electrons. The zero-order chi connectivity index (χ0) is 6.99. The maximum atomic E-state index is 9.22. The largest absolute Gasteiger partial charge is 0.539 e. The van der Waals surface area contributed by atoms with Crippen LogP contribution in [-0.4, -0.2) is 17.0 Å². The molecule has 0 rings (SSSR count). The molecule has 0 spiro atoms. The fourth-order valence-electron chi connectivity index (χ4n) is 0.0527. The van der Waals surface area contributed by atoms with Crippen molar-refractivity contribution in [3.05, 3.63) is 13.2 Å². The van der Waals surface area contributed by atoms with Gasteiger partial charge >= 0.3 is 6.21 Å². The Bertz CT molecular complexity index is 115. The third-order valence-electron chi connectivity index (χ3n) is 0.170. The third-order valence-corrected chi connectivity index (χ3v) is 0.170. The van der Waals surface area contributed by atoms with Crippen LogP contribution in [0.3, 0.4) is 0 Å². The summed E-state index contributed by atoms with van der Waals surface area (Å²) in [6.45, 7) is 6.00. The summed E-state index contributed by atoms with van der Waals surface area (Å²) in [5.74, 6) is -1.44. The van der Waals surface area contributed by atoms with Gasteiger partial charge in [-0.05, 0) is 0 Å². The Morgan fingerprint density at radius 1 is 1.75 bits per heavy atom. The molecule has 0 aromatic heterocycles. The second-order valence-electron chi connectivity index (χ2n) is 0.577. The molecule has 0 aromatic rings. The molecule has 0 aliphatic heterocycles. The lowest BCUT2D eigenvalue weighted by molar-refractivity contribution is -0.297. The Balaban J connectivity index is 0. The van der Waals surface area contributed by atoms with E-state index in [-0.39, 0.29) is 0 Å². The SMILES string of the molecule is C=C.N=[N+]=CC(=O)[O-]. The standard InChI is InChI=1S/C2H2N2O2.C2H4/c3-4-1-2(5)6;1-2/h1,3H;1-2H2. The van der Waals surface area contributed by atoms with Gasteiger partial charge < -0.3 is 9.90 Å². The first-order valence-corrected chi connectivity index (χ1v) is 1.68. The molecule has 0 atom stereocenters. The van der Waals surface area contributed by atoms with E-state index in [1.807, 2.05) is 0 Å². The monoisotopic (exact) mass is 114 g/mol. The number of carbonyl (C=O) groups is 1. The third kappa shape index (κ3) is 23.4. The van der Waals surface area contributed by atoms with Crippen molar-refractivity contribution in [1.29, 1.82) is 5.53 Å². The number of aliphatic carboxylic acids is 1. The second kappa shape index (κ2) is 9.14. The molecule has 0 amide bonds. The molecule has 0 aliphatic rings. The van der Waals surface area contributed by atoms with E-state index in [0.29, 0.717) is 6.21 Å². The first-order valence-electron chi connectivity index (χ1n) is 1.68. The van der Waals surface area contributed by atoms with E-state index in [9.17, 15) is 9.90 Å². The number of carbonyl (C=O) groups excluding carboxylic acids is 1. The lowest BCUT2D eigenvalue weighted by atomic mass is 10.8. The van der Waals surface area contributed by atoms with Gasteiger partial charge in [0.1, 0.15) is 0 Å². The van der Waals surface area contributed by atoms with Gasteiger partial charge in [0.15, 0.2) is 5.97 Å². The van der Waals surface area contributed by atoms with E-state index < -0.39 is 5.97 Å². The van der Waals surface area contributed by atoms with E-state index in [1.54, 1.807) is 0 Å². The number of nitrogens with one attached hydrogen (secondary N) is 1. The molecule has 4 heteroatoms. The minimum atomic E-state index is -1.44. The van der Waals surface area contributed by atoms with Crippen LogP contribution in [0.5, 0.6) is 0 Å². The minimum Gasteiger partial charge on any atom is -0.539 e. The molecule has 0 heterocycles. The average molecular weight is 114 g/mol. The molecule has 0 aromatic carbocycles. The van der Waals surface area contributed by atoms with E-state index >= 15 is 0 Å². The van der Waals surface area contributed by atoms with Crippen LogP contribution in [0.15, 0.2) is 13.2 Å². The van der Waals surface area contributed by atoms with Crippen molar-refractivity contribution < 1.29 is 14.7 Å². The highest BCUT2D eigenvalue weighted by atomic mass is 16.4. The van der Waals surface area contributed by atoms with E-state index in [0.717, 1.165) is 0 Å². The molecule has 0 saturated carbocycles. The molecule has 0 saturated heterocycles. The molecule has 1 N–H and O–H groups in total. The zero-order valence-corrected chi connectivity index (χ0v) is 4.26. The Morgan fingerprint density at radius 2 is 2.12 bits per heavy atom. The van der Waals surface area contributed by atoms with Crippen LogP contribution in [0.25, 0.3) is 0 Å². The highest BCUT2D eigenvalue weighted by Crippen LogP contribution is 1.30. The summed E-state index contributed by atoms with van der Waals surface area (Å²) in [6, 6.07) is 0. The van der Waals surface area contributed by atoms with Gasteiger partial charge in [-0.1, -0.05) is 0 Å². The van der Waals surface area contributed by atoms with E-state index in [2.05, 4.69) is 17.9 Å². The van der Waals surface area contributed by atoms with Crippen molar-refractivity contribution in [3.63, 3.8) is 0 Å². The molecule has 0 aliphatic carbocycles. The maximum Gasteiger partial charge on any atom is 0.352 e. The van der Waals surface area contributed by atoms with Gasteiger partial charge in [-0.2, -0.15) is 0 Å². The molecule has 44 valence electrons. The van der Waals surface area contributed by atoms with Crippen LogP contribution in [0, 0.1) is 5.53 Å². The van der Waals surface area contributed by atoms with Crippen molar-refractivity contribution in [2.24, 2.45) is 0 Å². The van der Waals surface area contributed by atoms with Crippen molar-refractivity contribution in [2.45, 2.75) is 0 Å². The molecular weight excluding hydrogens is 108 g/mol. The van der Waals surface area contributed by atoms with E-state index in [4.69, 9.17) is 5.53 Å². The van der Waals surface area contributed by atoms with Crippen LogP contribution < -0.4 is 5.11 Å². The van der Waals surface area contributed by atoms with Gasteiger partial charge in [0.2, 0.25) is 0 Å². The first-order chi connectivity index (χ1) is 3.77. The van der Waals surface area contributed by atoms with Crippen LogP contribution in [0.2, 0.25) is 0 Å². The Kier molecular flexibility index (Phi) is 11.2. The summed E-state index contributed by atoms with van der Waals surface area (Å²) in [5, 5.41) is 9.22. The average Bonchev–Trinajstić information content (AvgIpc) is 1.72. The quantitative estimate of drug-likeness (QED) is 0.202. The van der Waals surface area contributed by atoms with E-state index in [1.165, 1.54) is 0 Å². The topological polar surface area (TPSA) is 78.1 Å². The van der Waals surface area contributed by atoms with Crippen LogP contribution >= 0.6 is 0 Å². The van der Waals surface area contributed by atoms with Gasteiger partial charge in [-0.3, -0.25) is 0 Å². The highest BCUT2D eigenvalue weighted by molar-refractivity contribution is 6.18. The Morgan fingerprint density at radius 3 is 2.12 bits per heavy atom. The normalized spacial score (nSPS) is 5.00. The number of rotatable bonds is 1. The minimum absolute atomic E-state index is 0.389. The zero-order valence-electron chi connectivity index (χ0n) is 4.26. The van der Waals surface area contributed by atoms with Crippen molar-refractivity contribution in [1.82, 2.24) is 0 Å². The molecule has 0 bridgehead atoms. The highest BCUT2D eigenvalue weighted by Gasteiger charge is 1.76. The summed E-state index contributed by atoms with van der Waals surface area (Å²) in [5.41, 5.74) is 5.88. The number of carboxylic acid groups (broad SMARTS) is 1. The predicted octanol–water partition coefficient (Wildman–Crippen LogP) is -1.15. The second-order valence-corrected chi connectivity index (χ2v) is 0.577. The maximum absolute atomic E-state index is 9.22. The fraction of sp³-hybridized carbons (Fsp3) is 0. The Hall–Kier alpha value is -1.41. The van der Waals surface area contributed by atoms with Gasteiger partial charge in [0.05, 0.1) is 5.53 Å². The van der Waals surface area contributed by atoms with Gasteiger partial charge in [-0.25, -0.2) is 0 Å². The van der Waals surface area contributed by atoms with Gasteiger partial charge in [-0.15, -0.1) is 13.2 Å². The van der Waals surface area contributed by atoms with Gasteiger partial charge in [0.25, 0.3) is 0 Å². The first kappa shape index (κ1) is 9.77. The summed E-state index contributed by atoms with van der Waals surface area (Å²) in [4.78, 5) is 11.6. The van der Waals surface area contributed by atoms with Crippen LogP contribution in [0.1, 0.15) is 0 Å². The molecule has 0 fully saturated rings. The molecule has 0 unspecified atom stereocenters. The number of hydrogen-bond donors (Lipinski definition) is 1. The van der Waals surface area contributed by atoms with Crippen molar-refractivity contribution in [3.8, 4) is 0 Å². The number of carboxylic acids is 1. The van der Waals surface area contributed by atoms with Crippen LogP contribution in [-0.2, 0) is 4.79 Å². The van der Waals surface area contributed by atoms with Crippen molar-refractivity contribution in [2.75, 3.05) is 0 Å². The molecule has 4 nitrogen and oxygen atoms in total. The molecule has 8 heavy (non-hydrogen) atoms. The summed E-state index contributed by atoms with van der Waals surface area (Å²) in [7, 11) is 0. The smallest absolute Gasteiger partial charge is 0.352 e. The fourth-order valence-corrected chi connectivity index (χ4v) is 0.0527. The van der Waals surface area contributed by atoms with Crippen LogP contribution in [0.4, 0.5) is 0 Å². The summed E-state index contributed by atoms with van der Waals surface area (Å²) in [6.07, 6.45) is 0.389. The predicted molar refractivity (Wildman–Crippen MR) is 25.3 cm³/mol. The Labute approximate surface area is 46.7 Å². The van der Waals surface area contributed by atoms with Gasteiger partial charge in [0, 0.05) is 4.79 Å². The number of nitrogens with zero attached hydrogens (tertiary/aromatic N) is 1.